The van der Waals surface area contributed by atoms with Crippen molar-refractivity contribution in [3.05, 3.63) is 58.6 Å². The first-order valence-electron chi connectivity index (χ1n) is 10.2. The minimum absolute atomic E-state index is 0.144. The molecule has 0 amide bonds. The summed E-state index contributed by atoms with van der Waals surface area (Å²) in [6.45, 7) is 4.87. The highest BCUT2D eigenvalue weighted by molar-refractivity contribution is 7.99. The molecule has 142 valence electrons. The third kappa shape index (κ3) is 3.13. The summed E-state index contributed by atoms with van der Waals surface area (Å²) in [6.07, 6.45) is 5.03. The molecular formula is C23H27ClN2S. The first kappa shape index (κ1) is 18.1. The van der Waals surface area contributed by atoms with E-state index in [2.05, 4.69) is 53.2 Å². The minimum atomic E-state index is 0.144. The van der Waals surface area contributed by atoms with Gasteiger partial charge in [-0.3, -0.25) is 4.90 Å². The van der Waals surface area contributed by atoms with Crippen molar-refractivity contribution in [1.29, 1.82) is 0 Å². The maximum atomic E-state index is 6.45. The van der Waals surface area contributed by atoms with Crippen LogP contribution in [0.2, 0.25) is 5.02 Å². The monoisotopic (exact) mass is 398 g/mol. The van der Waals surface area contributed by atoms with Gasteiger partial charge in [-0.05, 0) is 68.1 Å². The third-order valence-electron chi connectivity index (χ3n) is 6.94. The standard InChI is InChI=1S/C23H27ClN2S/c1-25-12-14-26(15-13-25)18-8-10-23(11-9-18)19-4-2-3-5-21(19)27-22-7-6-17(24)16-20(22)23/h2-7,16,18H,8-15H2,1H3. The Labute approximate surface area is 171 Å². The van der Waals surface area contributed by atoms with Crippen molar-refractivity contribution in [3.8, 4) is 0 Å². The number of fused-ring (bicyclic) bond motifs is 4. The fourth-order valence-electron chi connectivity index (χ4n) is 5.37. The van der Waals surface area contributed by atoms with Crippen molar-refractivity contribution in [2.24, 2.45) is 0 Å². The summed E-state index contributed by atoms with van der Waals surface area (Å²) in [4.78, 5) is 8.03. The Bertz CT molecular complexity index is 836. The first-order valence-corrected chi connectivity index (χ1v) is 11.4. The number of halogens is 1. The van der Waals surface area contributed by atoms with E-state index in [4.69, 9.17) is 11.6 Å². The molecule has 2 fully saturated rings. The van der Waals surface area contributed by atoms with Crippen LogP contribution in [0.5, 0.6) is 0 Å². The van der Waals surface area contributed by atoms with Gasteiger partial charge in [-0.2, -0.15) is 0 Å². The smallest absolute Gasteiger partial charge is 0.0409 e. The molecule has 1 saturated heterocycles. The summed E-state index contributed by atoms with van der Waals surface area (Å²) < 4.78 is 0. The first-order chi connectivity index (χ1) is 13.2. The molecule has 5 rings (SSSR count). The predicted molar refractivity (Wildman–Crippen MR) is 114 cm³/mol. The van der Waals surface area contributed by atoms with E-state index in [0.717, 1.165) is 11.1 Å². The SMILES string of the molecule is CN1CCN(C2CCC3(CC2)c2ccccc2Sc2ccc(Cl)cc23)CC1. The van der Waals surface area contributed by atoms with Crippen LogP contribution in [0.15, 0.2) is 52.3 Å². The number of hydrogen-bond acceptors (Lipinski definition) is 3. The molecule has 0 bridgehead atoms. The molecule has 4 heteroatoms. The fraction of sp³-hybridized carbons (Fsp3) is 0.478. The van der Waals surface area contributed by atoms with E-state index in [1.54, 1.807) is 0 Å². The number of benzene rings is 2. The van der Waals surface area contributed by atoms with Crippen LogP contribution in [-0.4, -0.2) is 49.1 Å². The molecule has 27 heavy (non-hydrogen) atoms. The van der Waals surface area contributed by atoms with Gasteiger partial charge < -0.3 is 4.90 Å². The molecule has 0 aromatic heterocycles. The molecule has 2 aromatic carbocycles. The summed E-state index contributed by atoms with van der Waals surface area (Å²) in [5.74, 6) is 0. The topological polar surface area (TPSA) is 6.48 Å². The number of nitrogens with zero attached hydrogens (tertiary/aromatic N) is 2. The molecule has 2 aliphatic heterocycles. The van der Waals surface area contributed by atoms with Gasteiger partial charge in [0.15, 0.2) is 0 Å². The fourth-order valence-corrected chi connectivity index (χ4v) is 6.80. The highest BCUT2D eigenvalue weighted by atomic mass is 35.5. The van der Waals surface area contributed by atoms with Gasteiger partial charge in [-0.1, -0.05) is 41.6 Å². The molecule has 2 aromatic rings. The zero-order valence-electron chi connectivity index (χ0n) is 16.0. The molecule has 0 N–H and O–H groups in total. The molecule has 0 atom stereocenters. The Hall–Kier alpha value is -1.00. The van der Waals surface area contributed by atoms with Crippen molar-refractivity contribution < 1.29 is 0 Å². The minimum Gasteiger partial charge on any atom is -0.304 e. The Balaban J connectivity index is 1.47. The average molecular weight is 399 g/mol. The van der Waals surface area contributed by atoms with Crippen molar-refractivity contribution in [2.45, 2.75) is 46.9 Å². The van der Waals surface area contributed by atoms with Crippen molar-refractivity contribution in [1.82, 2.24) is 9.80 Å². The van der Waals surface area contributed by atoms with E-state index in [1.165, 1.54) is 72.8 Å². The van der Waals surface area contributed by atoms with Gasteiger partial charge in [-0.25, -0.2) is 0 Å². The molecule has 1 spiro atoms. The molecule has 3 aliphatic rings. The van der Waals surface area contributed by atoms with Crippen LogP contribution in [0.4, 0.5) is 0 Å². The predicted octanol–water partition coefficient (Wildman–Crippen LogP) is 5.28. The highest BCUT2D eigenvalue weighted by Crippen LogP contribution is 2.56. The summed E-state index contributed by atoms with van der Waals surface area (Å²) in [6, 6.07) is 16.3. The van der Waals surface area contributed by atoms with Crippen LogP contribution in [0.25, 0.3) is 0 Å². The Morgan fingerprint density at radius 2 is 1.63 bits per heavy atom. The van der Waals surface area contributed by atoms with Gasteiger partial charge >= 0.3 is 0 Å². The second-order valence-corrected chi connectivity index (χ2v) is 9.91. The molecule has 2 nitrogen and oxygen atoms in total. The zero-order valence-corrected chi connectivity index (χ0v) is 17.5. The van der Waals surface area contributed by atoms with Gasteiger partial charge in [0.1, 0.15) is 0 Å². The molecule has 0 unspecified atom stereocenters. The summed E-state index contributed by atoms with van der Waals surface area (Å²) in [5.41, 5.74) is 3.14. The van der Waals surface area contributed by atoms with Crippen molar-refractivity contribution in [3.63, 3.8) is 0 Å². The van der Waals surface area contributed by atoms with Crippen LogP contribution in [0, 0.1) is 0 Å². The van der Waals surface area contributed by atoms with E-state index in [1.807, 2.05) is 17.8 Å². The van der Waals surface area contributed by atoms with Crippen LogP contribution >= 0.6 is 23.4 Å². The van der Waals surface area contributed by atoms with Gasteiger partial charge in [0.05, 0.1) is 0 Å². The second kappa shape index (κ2) is 7.11. The quantitative estimate of drug-likeness (QED) is 0.645. The van der Waals surface area contributed by atoms with Crippen LogP contribution in [0.1, 0.15) is 36.8 Å². The van der Waals surface area contributed by atoms with E-state index >= 15 is 0 Å². The largest absolute Gasteiger partial charge is 0.304 e. The van der Waals surface area contributed by atoms with Crippen LogP contribution in [0.3, 0.4) is 0 Å². The van der Waals surface area contributed by atoms with Gasteiger partial charge in [0.25, 0.3) is 0 Å². The molecule has 1 aliphatic carbocycles. The average Bonchev–Trinajstić information content (AvgIpc) is 2.70. The highest BCUT2D eigenvalue weighted by Gasteiger charge is 2.44. The molecule has 1 saturated carbocycles. The third-order valence-corrected chi connectivity index (χ3v) is 8.33. The summed E-state index contributed by atoms with van der Waals surface area (Å²) >= 11 is 8.36. The maximum Gasteiger partial charge on any atom is 0.0409 e. The lowest BCUT2D eigenvalue weighted by Gasteiger charge is -2.48. The van der Waals surface area contributed by atoms with Crippen molar-refractivity contribution in [2.75, 3.05) is 33.2 Å². The molecular weight excluding hydrogens is 372 g/mol. The van der Waals surface area contributed by atoms with Crippen LogP contribution < -0.4 is 0 Å². The van der Waals surface area contributed by atoms with Crippen LogP contribution in [-0.2, 0) is 5.41 Å². The Morgan fingerprint density at radius 3 is 2.41 bits per heavy atom. The van der Waals surface area contributed by atoms with E-state index in [9.17, 15) is 0 Å². The molecule has 0 radical (unpaired) electrons. The second-order valence-electron chi connectivity index (χ2n) is 8.39. The lowest BCUT2D eigenvalue weighted by atomic mass is 9.64. The zero-order chi connectivity index (χ0) is 18.4. The number of rotatable bonds is 1. The maximum absolute atomic E-state index is 6.45. The lowest BCUT2D eigenvalue weighted by molar-refractivity contribution is 0.0792. The van der Waals surface area contributed by atoms with Gasteiger partial charge in [0, 0.05) is 52.4 Å². The van der Waals surface area contributed by atoms with E-state index in [0.29, 0.717) is 0 Å². The van der Waals surface area contributed by atoms with Gasteiger partial charge in [-0.15, -0.1) is 0 Å². The van der Waals surface area contributed by atoms with E-state index in [-0.39, 0.29) is 5.41 Å². The lowest BCUT2D eigenvalue weighted by Crippen LogP contribution is -2.51. The Kier molecular flexibility index (Phi) is 4.76. The number of piperazine rings is 1. The molecule has 2 heterocycles. The normalized spacial score (nSPS) is 28.7. The summed E-state index contributed by atoms with van der Waals surface area (Å²) in [5, 5.41) is 0.870. The number of hydrogen-bond donors (Lipinski definition) is 0. The van der Waals surface area contributed by atoms with E-state index < -0.39 is 0 Å². The van der Waals surface area contributed by atoms with Crippen molar-refractivity contribution >= 4 is 23.4 Å². The number of likely N-dealkylation sites (N-methyl/N-ethyl adjacent to an activating group) is 1. The summed E-state index contributed by atoms with van der Waals surface area (Å²) in [7, 11) is 2.24. The van der Waals surface area contributed by atoms with Gasteiger partial charge in [0.2, 0.25) is 0 Å². The Morgan fingerprint density at radius 1 is 0.926 bits per heavy atom.